The number of aromatic amines is 1. The molecule has 26 heavy (non-hydrogen) atoms. The lowest BCUT2D eigenvalue weighted by Gasteiger charge is -2.09. The Hall–Kier alpha value is -3.06. The van der Waals surface area contributed by atoms with E-state index in [0.29, 0.717) is 21.9 Å². The molecule has 0 aliphatic heterocycles. The molecule has 4 aromatic rings. The highest BCUT2D eigenvalue weighted by molar-refractivity contribution is 7.98. The number of hydrogen-bond donors (Lipinski definition) is 1. The second-order valence-electron chi connectivity index (χ2n) is 5.61. The molecule has 2 heterocycles. The predicted octanol–water partition coefficient (Wildman–Crippen LogP) is 3.41. The summed E-state index contributed by atoms with van der Waals surface area (Å²) < 4.78 is 7.04. The quantitative estimate of drug-likeness (QED) is 0.434. The first-order valence-corrected chi connectivity index (χ1v) is 9.03. The van der Waals surface area contributed by atoms with Crippen molar-refractivity contribution in [3.63, 3.8) is 0 Å². The van der Waals surface area contributed by atoms with Gasteiger partial charge >= 0.3 is 0 Å². The van der Waals surface area contributed by atoms with Crippen LogP contribution in [0.2, 0.25) is 0 Å². The molecule has 6 nitrogen and oxygen atoms in total. The van der Waals surface area contributed by atoms with E-state index in [2.05, 4.69) is 15.1 Å². The third-order valence-electron chi connectivity index (χ3n) is 3.95. The maximum absolute atomic E-state index is 12.4. The Bertz CT molecular complexity index is 1110. The molecule has 0 saturated carbocycles. The van der Waals surface area contributed by atoms with Crippen molar-refractivity contribution in [1.82, 2.24) is 19.7 Å². The van der Waals surface area contributed by atoms with E-state index in [1.54, 1.807) is 11.8 Å². The van der Waals surface area contributed by atoms with E-state index in [1.165, 1.54) is 23.5 Å². The third kappa shape index (κ3) is 3.09. The standard InChI is InChI=1S/C19H16N4O2S/c1-25-16-10-6-5-9-15(16)23-17-14(11-20-23)18(24)22-19(21-17)26-12-13-7-3-2-4-8-13/h2-11H,12H2,1H3,(H,21,22,24). The number of H-pyrrole nitrogens is 1. The summed E-state index contributed by atoms with van der Waals surface area (Å²) in [5, 5.41) is 5.34. The van der Waals surface area contributed by atoms with E-state index in [4.69, 9.17) is 4.74 Å². The summed E-state index contributed by atoms with van der Waals surface area (Å²) in [4.78, 5) is 19.9. The summed E-state index contributed by atoms with van der Waals surface area (Å²) in [5.74, 6) is 1.39. The zero-order valence-electron chi connectivity index (χ0n) is 14.0. The highest BCUT2D eigenvalue weighted by atomic mass is 32.2. The van der Waals surface area contributed by atoms with E-state index in [1.807, 2.05) is 54.6 Å². The molecule has 0 aliphatic carbocycles. The summed E-state index contributed by atoms with van der Waals surface area (Å²) in [6.07, 6.45) is 1.53. The van der Waals surface area contributed by atoms with Crippen LogP contribution in [0.15, 0.2) is 70.7 Å². The fourth-order valence-electron chi connectivity index (χ4n) is 2.67. The summed E-state index contributed by atoms with van der Waals surface area (Å²) in [6, 6.07) is 17.6. The number of hydrogen-bond acceptors (Lipinski definition) is 5. The zero-order valence-corrected chi connectivity index (χ0v) is 14.9. The normalized spacial score (nSPS) is 11.0. The minimum absolute atomic E-state index is 0.202. The number of rotatable bonds is 5. The van der Waals surface area contributed by atoms with Crippen LogP contribution in [-0.4, -0.2) is 26.9 Å². The average Bonchev–Trinajstić information content (AvgIpc) is 3.11. The molecule has 0 aliphatic rings. The van der Waals surface area contributed by atoms with E-state index in [0.717, 1.165) is 11.4 Å². The molecule has 0 unspecified atom stereocenters. The Labute approximate surface area is 153 Å². The minimum atomic E-state index is -0.202. The van der Waals surface area contributed by atoms with Crippen LogP contribution in [0.3, 0.4) is 0 Å². The summed E-state index contributed by atoms with van der Waals surface area (Å²) in [7, 11) is 1.60. The van der Waals surface area contributed by atoms with Crippen LogP contribution in [0.25, 0.3) is 16.7 Å². The first kappa shape index (κ1) is 16.4. The van der Waals surface area contributed by atoms with Gasteiger partial charge in [0.15, 0.2) is 10.8 Å². The molecule has 2 aromatic carbocycles. The van der Waals surface area contributed by atoms with E-state index in [9.17, 15) is 4.79 Å². The molecular weight excluding hydrogens is 348 g/mol. The van der Waals surface area contributed by atoms with Crippen molar-refractivity contribution < 1.29 is 4.74 Å². The number of ether oxygens (including phenoxy) is 1. The van der Waals surface area contributed by atoms with E-state index < -0.39 is 0 Å². The molecule has 0 saturated heterocycles. The van der Waals surface area contributed by atoms with Gasteiger partial charge in [-0.2, -0.15) is 5.10 Å². The number of benzene rings is 2. The van der Waals surface area contributed by atoms with Crippen molar-refractivity contribution in [3.05, 3.63) is 76.7 Å². The smallest absolute Gasteiger partial charge is 0.262 e. The maximum Gasteiger partial charge on any atom is 0.262 e. The lowest BCUT2D eigenvalue weighted by atomic mass is 10.2. The number of aromatic nitrogens is 4. The topological polar surface area (TPSA) is 72.8 Å². The lowest BCUT2D eigenvalue weighted by molar-refractivity contribution is 0.412. The molecule has 2 aromatic heterocycles. The number of fused-ring (bicyclic) bond motifs is 1. The molecule has 0 atom stereocenters. The van der Waals surface area contributed by atoms with Crippen LogP contribution in [0.1, 0.15) is 5.56 Å². The van der Waals surface area contributed by atoms with Gasteiger partial charge in [-0.15, -0.1) is 0 Å². The molecule has 130 valence electrons. The molecule has 4 rings (SSSR count). The van der Waals surface area contributed by atoms with Crippen LogP contribution < -0.4 is 10.3 Å². The number of thioether (sulfide) groups is 1. The second kappa shape index (κ2) is 7.05. The molecule has 0 bridgehead atoms. The van der Waals surface area contributed by atoms with Gasteiger partial charge in [-0.05, 0) is 17.7 Å². The van der Waals surface area contributed by atoms with E-state index in [-0.39, 0.29) is 5.56 Å². The van der Waals surface area contributed by atoms with Crippen LogP contribution in [0.5, 0.6) is 5.75 Å². The molecule has 7 heteroatoms. The fourth-order valence-corrected chi connectivity index (χ4v) is 3.49. The summed E-state index contributed by atoms with van der Waals surface area (Å²) in [6.45, 7) is 0. The predicted molar refractivity (Wildman–Crippen MR) is 102 cm³/mol. The molecule has 0 radical (unpaired) electrons. The minimum Gasteiger partial charge on any atom is -0.494 e. The first-order valence-electron chi connectivity index (χ1n) is 8.04. The maximum atomic E-state index is 12.4. The summed E-state index contributed by atoms with van der Waals surface area (Å²) in [5.41, 5.74) is 2.21. The highest BCUT2D eigenvalue weighted by Gasteiger charge is 2.14. The van der Waals surface area contributed by atoms with Crippen molar-refractivity contribution in [1.29, 1.82) is 0 Å². The monoisotopic (exact) mass is 364 g/mol. The number of nitrogens with one attached hydrogen (secondary N) is 1. The van der Waals surface area contributed by atoms with Crippen LogP contribution in [0.4, 0.5) is 0 Å². The van der Waals surface area contributed by atoms with Crippen molar-refractivity contribution >= 4 is 22.8 Å². The molecule has 1 N–H and O–H groups in total. The Balaban J connectivity index is 1.75. The van der Waals surface area contributed by atoms with Gasteiger partial charge in [0.2, 0.25) is 0 Å². The van der Waals surface area contributed by atoms with Gasteiger partial charge in [0.05, 0.1) is 13.3 Å². The average molecular weight is 364 g/mol. The number of methoxy groups -OCH3 is 1. The van der Waals surface area contributed by atoms with Gasteiger partial charge in [-0.25, -0.2) is 9.67 Å². The molecule has 0 amide bonds. The van der Waals surface area contributed by atoms with Gasteiger partial charge in [0.25, 0.3) is 5.56 Å². The van der Waals surface area contributed by atoms with Crippen LogP contribution in [-0.2, 0) is 5.75 Å². The van der Waals surface area contributed by atoms with Gasteiger partial charge in [0.1, 0.15) is 16.8 Å². The van der Waals surface area contributed by atoms with Gasteiger partial charge in [-0.3, -0.25) is 4.79 Å². The van der Waals surface area contributed by atoms with Crippen molar-refractivity contribution in [2.45, 2.75) is 10.9 Å². The Kier molecular flexibility index (Phi) is 4.45. The second-order valence-corrected chi connectivity index (χ2v) is 6.57. The van der Waals surface area contributed by atoms with Gasteiger partial charge in [-0.1, -0.05) is 54.2 Å². The SMILES string of the molecule is COc1ccccc1-n1ncc2c(=O)[nH]c(SCc3ccccc3)nc21. The Morgan fingerprint density at radius 1 is 1.12 bits per heavy atom. The zero-order chi connectivity index (χ0) is 17.9. The fraction of sp³-hybridized carbons (Fsp3) is 0.105. The number of nitrogens with zero attached hydrogens (tertiary/aromatic N) is 3. The molecule has 0 fully saturated rings. The molecule has 0 spiro atoms. The van der Waals surface area contributed by atoms with Gasteiger partial charge < -0.3 is 9.72 Å². The van der Waals surface area contributed by atoms with Crippen molar-refractivity contribution in [2.75, 3.05) is 7.11 Å². The van der Waals surface area contributed by atoms with E-state index >= 15 is 0 Å². The van der Waals surface area contributed by atoms with Crippen molar-refractivity contribution in [3.8, 4) is 11.4 Å². The Morgan fingerprint density at radius 3 is 2.69 bits per heavy atom. The largest absolute Gasteiger partial charge is 0.494 e. The molecular formula is C19H16N4O2S. The van der Waals surface area contributed by atoms with Crippen LogP contribution >= 0.6 is 11.8 Å². The van der Waals surface area contributed by atoms with Crippen LogP contribution in [0, 0.1) is 0 Å². The number of para-hydroxylation sites is 2. The summed E-state index contributed by atoms with van der Waals surface area (Å²) >= 11 is 1.48. The van der Waals surface area contributed by atoms with Gasteiger partial charge in [0, 0.05) is 5.75 Å². The highest BCUT2D eigenvalue weighted by Crippen LogP contribution is 2.25. The first-order chi connectivity index (χ1) is 12.8. The Morgan fingerprint density at radius 2 is 1.88 bits per heavy atom. The third-order valence-corrected chi connectivity index (χ3v) is 4.89. The van der Waals surface area contributed by atoms with Crippen molar-refractivity contribution in [2.24, 2.45) is 0 Å². The lowest BCUT2D eigenvalue weighted by Crippen LogP contribution is -2.10.